The number of ether oxygens (including phenoxy) is 1. The summed E-state index contributed by atoms with van der Waals surface area (Å²) in [6, 6.07) is 6.02. The van der Waals surface area contributed by atoms with Crippen LogP contribution < -0.4 is 10.1 Å². The van der Waals surface area contributed by atoms with E-state index in [0.29, 0.717) is 5.88 Å². The van der Waals surface area contributed by atoms with Gasteiger partial charge in [0.2, 0.25) is 11.8 Å². The molecule has 1 atom stereocenters. The molecule has 142 valence electrons. The summed E-state index contributed by atoms with van der Waals surface area (Å²) in [6.07, 6.45) is 11.7. The maximum atomic E-state index is 11.7. The van der Waals surface area contributed by atoms with Gasteiger partial charge in [0.25, 0.3) is 0 Å². The number of rotatable bonds is 5. The number of amides is 1. The second-order valence-corrected chi connectivity index (χ2v) is 6.77. The average molecular weight is 374 g/mol. The maximum absolute atomic E-state index is 11.7. The molecular formula is C22H22N4O2. The monoisotopic (exact) mass is 374 g/mol. The number of nitrogens with one attached hydrogen (secondary N) is 2. The Morgan fingerprint density at radius 1 is 1.29 bits per heavy atom. The molecule has 4 rings (SSSR count). The molecule has 6 heteroatoms. The molecule has 2 N–H and O–H groups in total. The van der Waals surface area contributed by atoms with Gasteiger partial charge in [-0.3, -0.25) is 4.79 Å². The number of carbonyl (C=O) groups is 1. The van der Waals surface area contributed by atoms with E-state index in [4.69, 9.17) is 4.74 Å². The van der Waals surface area contributed by atoms with E-state index in [-0.39, 0.29) is 11.9 Å². The number of carbonyl (C=O) groups excluding carboxylic acids is 1. The van der Waals surface area contributed by atoms with Crippen LogP contribution in [0.3, 0.4) is 0 Å². The third-order valence-corrected chi connectivity index (χ3v) is 5.08. The highest BCUT2D eigenvalue weighted by atomic mass is 16.5. The van der Waals surface area contributed by atoms with Crippen molar-refractivity contribution in [2.24, 2.45) is 0 Å². The van der Waals surface area contributed by atoms with E-state index in [1.165, 1.54) is 11.6 Å². The Hall–Kier alpha value is -3.41. The van der Waals surface area contributed by atoms with Gasteiger partial charge >= 0.3 is 0 Å². The fourth-order valence-electron chi connectivity index (χ4n) is 3.81. The van der Waals surface area contributed by atoms with Gasteiger partial charge in [0.15, 0.2) is 0 Å². The zero-order valence-corrected chi connectivity index (χ0v) is 15.7. The van der Waals surface area contributed by atoms with E-state index >= 15 is 0 Å². The maximum Gasteiger partial charge on any atom is 0.243 e. The smallest absolute Gasteiger partial charge is 0.243 e. The number of allylic oxidation sites excluding steroid dienone is 1. The molecule has 3 aromatic rings. The number of hydrogen-bond acceptors (Lipinski definition) is 4. The van der Waals surface area contributed by atoms with Crippen LogP contribution in [0.4, 0.5) is 0 Å². The van der Waals surface area contributed by atoms with E-state index in [0.717, 1.165) is 47.0 Å². The van der Waals surface area contributed by atoms with Gasteiger partial charge in [-0.05, 0) is 54.7 Å². The lowest BCUT2D eigenvalue weighted by atomic mass is 9.88. The summed E-state index contributed by atoms with van der Waals surface area (Å²) < 4.78 is 5.46. The number of fused-ring (bicyclic) bond motifs is 1. The topological polar surface area (TPSA) is 79.9 Å². The Labute approximate surface area is 163 Å². The molecule has 1 amide bonds. The van der Waals surface area contributed by atoms with Crippen LogP contribution in [0.5, 0.6) is 5.88 Å². The molecule has 0 aromatic carbocycles. The minimum atomic E-state index is -0.131. The van der Waals surface area contributed by atoms with Crippen molar-refractivity contribution >= 4 is 22.5 Å². The first-order valence-corrected chi connectivity index (χ1v) is 9.29. The van der Waals surface area contributed by atoms with Crippen LogP contribution in [-0.4, -0.2) is 34.0 Å². The zero-order chi connectivity index (χ0) is 19.5. The number of H-pyrrole nitrogens is 1. The van der Waals surface area contributed by atoms with Gasteiger partial charge in [0.1, 0.15) is 5.65 Å². The minimum absolute atomic E-state index is 0.101. The normalized spacial score (nSPS) is 16.5. The van der Waals surface area contributed by atoms with Crippen LogP contribution in [0.1, 0.15) is 24.8 Å². The predicted octanol–water partition coefficient (Wildman–Crippen LogP) is 3.87. The molecule has 3 heterocycles. The van der Waals surface area contributed by atoms with Crippen molar-refractivity contribution in [2.75, 3.05) is 7.11 Å². The Balaban J connectivity index is 1.78. The molecule has 6 nitrogen and oxygen atoms in total. The van der Waals surface area contributed by atoms with Crippen LogP contribution in [0.15, 0.2) is 55.5 Å². The van der Waals surface area contributed by atoms with E-state index in [9.17, 15) is 4.79 Å². The van der Waals surface area contributed by atoms with Gasteiger partial charge in [-0.25, -0.2) is 9.97 Å². The van der Waals surface area contributed by atoms with Crippen LogP contribution in [0.2, 0.25) is 0 Å². The minimum Gasteiger partial charge on any atom is -0.481 e. The second-order valence-electron chi connectivity index (χ2n) is 6.77. The summed E-state index contributed by atoms with van der Waals surface area (Å²) >= 11 is 0. The van der Waals surface area contributed by atoms with Crippen molar-refractivity contribution in [3.05, 3.63) is 61.1 Å². The fourth-order valence-corrected chi connectivity index (χ4v) is 3.81. The number of aromatic nitrogens is 3. The number of pyridine rings is 2. The highest BCUT2D eigenvalue weighted by Gasteiger charge is 2.22. The highest BCUT2D eigenvalue weighted by Crippen LogP contribution is 2.39. The summed E-state index contributed by atoms with van der Waals surface area (Å²) in [5.74, 6) is 0.445. The Morgan fingerprint density at radius 2 is 2.18 bits per heavy atom. The van der Waals surface area contributed by atoms with Crippen molar-refractivity contribution in [3.63, 3.8) is 0 Å². The molecule has 0 saturated carbocycles. The quantitative estimate of drug-likeness (QED) is 0.665. The van der Waals surface area contributed by atoms with Gasteiger partial charge in [0, 0.05) is 41.1 Å². The molecule has 0 saturated heterocycles. The van der Waals surface area contributed by atoms with Crippen molar-refractivity contribution in [1.82, 2.24) is 20.3 Å². The fraction of sp³-hybridized carbons (Fsp3) is 0.227. The SMILES string of the molecule is C=CC(=O)NC1CCC=C(c2ccnc3[nH]cc(-c4cccnc4OC)c23)C1. The third-order valence-electron chi connectivity index (χ3n) is 5.08. The van der Waals surface area contributed by atoms with Gasteiger partial charge in [-0.2, -0.15) is 0 Å². The van der Waals surface area contributed by atoms with E-state index in [2.05, 4.69) is 32.9 Å². The standard InChI is InChI=1S/C22H22N4O2/c1-3-19(27)26-15-7-4-6-14(12-15)16-9-11-23-21-20(16)18(13-25-21)17-8-5-10-24-22(17)28-2/h3,5-6,8-11,13,15H,1,4,7,12H2,2H3,(H,23,25)(H,26,27). The largest absolute Gasteiger partial charge is 0.481 e. The van der Waals surface area contributed by atoms with Crippen LogP contribution in [0.25, 0.3) is 27.7 Å². The number of nitrogens with zero attached hydrogens (tertiary/aromatic N) is 2. The van der Waals surface area contributed by atoms with Crippen molar-refractivity contribution < 1.29 is 9.53 Å². The molecule has 1 unspecified atom stereocenters. The second kappa shape index (κ2) is 7.68. The number of methoxy groups -OCH3 is 1. The number of hydrogen-bond donors (Lipinski definition) is 2. The molecular weight excluding hydrogens is 352 g/mol. The summed E-state index contributed by atoms with van der Waals surface area (Å²) in [7, 11) is 1.62. The van der Waals surface area contributed by atoms with Crippen LogP contribution in [-0.2, 0) is 4.79 Å². The summed E-state index contributed by atoms with van der Waals surface area (Å²) in [6.45, 7) is 3.54. The zero-order valence-electron chi connectivity index (χ0n) is 15.7. The average Bonchev–Trinajstić information content (AvgIpc) is 3.18. The first-order valence-electron chi connectivity index (χ1n) is 9.29. The van der Waals surface area contributed by atoms with E-state index < -0.39 is 0 Å². The van der Waals surface area contributed by atoms with Gasteiger partial charge in [-0.15, -0.1) is 0 Å². The van der Waals surface area contributed by atoms with Crippen molar-refractivity contribution in [1.29, 1.82) is 0 Å². The molecule has 1 aliphatic rings. The molecule has 0 aliphatic heterocycles. The van der Waals surface area contributed by atoms with Gasteiger partial charge in [0.05, 0.1) is 7.11 Å². The van der Waals surface area contributed by atoms with Gasteiger partial charge < -0.3 is 15.0 Å². The van der Waals surface area contributed by atoms with Crippen molar-refractivity contribution in [3.8, 4) is 17.0 Å². The van der Waals surface area contributed by atoms with E-state index in [1.807, 2.05) is 30.6 Å². The Bertz CT molecular complexity index is 1070. The van der Waals surface area contributed by atoms with Crippen molar-refractivity contribution in [2.45, 2.75) is 25.3 Å². The third kappa shape index (κ3) is 3.29. The lowest BCUT2D eigenvalue weighted by Crippen LogP contribution is -2.34. The van der Waals surface area contributed by atoms with Gasteiger partial charge in [-0.1, -0.05) is 12.7 Å². The van der Waals surface area contributed by atoms with E-state index in [1.54, 1.807) is 13.3 Å². The molecule has 3 aromatic heterocycles. The summed E-state index contributed by atoms with van der Waals surface area (Å²) in [5, 5.41) is 4.06. The molecule has 0 radical (unpaired) electrons. The van der Waals surface area contributed by atoms with Crippen LogP contribution >= 0.6 is 0 Å². The highest BCUT2D eigenvalue weighted by molar-refractivity contribution is 6.02. The molecule has 0 bridgehead atoms. The molecule has 28 heavy (non-hydrogen) atoms. The summed E-state index contributed by atoms with van der Waals surface area (Å²) in [4.78, 5) is 23.8. The summed E-state index contributed by atoms with van der Waals surface area (Å²) in [5.41, 5.74) is 5.05. The Morgan fingerprint density at radius 3 is 3.00 bits per heavy atom. The molecule has 0 spiro atoms. The molecule has 1 aliphatic carbocycles. The first kappa shape index (κ1) is 18.0. The predicted molar refractivity (Wildman–Crippen MR) is 110 cm³/mol. The molecule has 0 fully saturated rings. The lowest BCUT2D eigenvalue weighted by Gasteiger charge is -2.24. The van der Waals surface area contributed by atoms with Crippen LogP contribution in [0, 0.1) is 0 Å². The lowest BCUT2D eigenvalue weighted by molar-refractivity contribution is -0.117. The first-order chi connectivity index (χ1) is 13.7. The Kier molecular flexibility index (Phi) is 4.93. The number of aromatic amines is 1.